The third-order valence-corrected chi connectivity index (χ3v) is 6.22. The fraction of sp³-hybridized carbons (Fsp3) is 0.812. The largest absolute Gasteiger partial charge is 0.352 e. The van der Waals surface area contributed by atoms with Gasteiger partial charge >= 0.3 is 0 Å². The predicted molar refractivity (Wildman–Crippen MR) is 87.8 cm³/mol. The van der Waals surface area contributed by atoms with Crippen molar-refractivity contribution in [2.75, 3.05) is 5.75 Å². The standard InChI is InChI=1S/C16H26N4OS/c1-10-5-4-6-13(11(10)2)17-14(21)9-22-16-19-18-15(20(16)3)12-7-8-12/h10-13H,4-9H2,1-3H3,(H,17,21)/t10-,11+,13+/m0/s1. The lowest BCUT2D eigenvalue weighted by atomic mass is 9.78. The van der Waals surface area contributed by atoms with E-state index in [9.17, 15) is 4.79 Å². The van der Waals surface area contributed by atoms with Crippen molar-refractivity contribution < 1.29 is 4.79 Å². The molecule has 0 saturated heterocycles. The predicted octanol–water partition coefficient (Wildman–Crippen LogP) is 2.73. The zero-order valence-corrected chi connectivity index (χ0v) is 14.5. The minimum Gasteiger partial charge on any atom is -0.352 e. The van der Waals surface area contributed by atoms with Gasteiger partial charge in [0.25, 0.3) is 0 Å². The van der Waals surface area contributed by atoms with E-state index < -0.39 is 0 Å². The monoisotopic (exact) mass is 322 g/mol. The van der Waals surface area contributed by atoms with Crippen LogP contribution in [0.15, 0.2) is 5.16 Å². The number of carbonyl (C=O) groups is 1. The third-order valence-electron chi connectivity index (χ3n) is 5.20. The Morgan fingerprint density at radius 2 is 2.05 bits per heavy atom. The fourth-order valence-electron chi connectivity index (χ4n) is 3.31. The molecule has 0 bridgehead atoms. The number of thioether (sulfide) groups is 1. The molecule has 1 heterocycles. The average molecular weight is 322 g/mol. The number of rotatable bonds is 5. The molecule has 2 aliphatic rings. The number of aromatic nitrogens is 3. The molecule has 0 unspecified atom stereocenters. The van der Waals surface area contributed by atoms with Crippen LogP contribution in [0.5, 0.6) is 0 Å². The summed E-state index contributed by atoms with van der Waals surface area (Å²) in [7, 11) is 2.00. The maximum Gasteiger partial charge on any atom is 0.230 e. The molecule has 22 heavy (non-hydrogen) atoms. The first kappa shape index (κ1) is 15.8. The average Bonchev–Trinajstić information content (AvgIpc) is 3.26. The lowest BCUT2D eigenvalue weighted by molar-refractivity contribution is -0.120. The number of nitrogens with zero attached hydrogens (tertiary/aromatic N) is 3. The highest BCUT2D eigenvalue weighted by Crippen LogP contribution is 2.39. The summed E-state index contributed by atoms with van der Waals surface area (Å²) in [5, 5.41) is 12.5. The van der Waals surface area contributed by atoms with Crippen LogP contribution >= 0.6 is 11.8 Å². The van der Waals surface area contributed by atoms with Crippen LogP contribution < -0.4 is 5.32 Å². The lowest BCUT2D eigenvalue weighted by Gasteiger charge is -2.34. The van der Waals surface area contributed by atoms with Gasteiger partial charge in [0.05, 0.1) is 5.75 Å². The number of hydrogen-bond donors (Lipinski definition) is 1. The Hall–Kier alpha value is -1.04. The Morgan fingerprint density at radius 3 is 2.77 bits per heavy atom. The van der Waals surface area contributed by atoms with Crippen molar-refractivity contribution in [3.8, 4) is 0 Å². The van der Waals surface area contributed by atoms with E-state index in [1.54, 1.807) is 0 Å². The molecule has 1 aromatic rings. The first-order chi connectivity index (χ1) is 10.6. The van der Waals surface area contributed by atoms with Gasteiger partial charge in [0.2, 0.25) is 5.91 Å². The van der Waals surface area contributed by atoms with E-state index in [2.05, 4.69) is 29.4 Å². The van der Waals surface area contributed by atoms with E-state index in [-0.39, 0.29) is 5.91 Å². The Labute approximate surface area is 136 Å². The minimum absolute atomic E-state index is 0.118. The second-order valence-electron chi connectivity index (χ2n) is 6.90. The van der Waals surface area contributed by atoms with Crippen LogP contribution in [0, 0.1) is 11.8 Å². The van der Waals surface area contributed by atoms with Crippen molar-refractivity contribution in [2.24, 2.45) is 18.9 Å². The molecule has 122 valence electrons. The Bertz CT molecular complexity index is 540. The smallest absolute Gasteiger partial charge is 0.230 e. The molecule has 2 fully saturated rings. The highest BCUT2D eigenvalue weighted by atomic mass is 32.2. The topological polar surface area (TPSA) is 59.8 Å². The van der Waals surface area contributed by atoms with Crippen molar-refractivity contribution >= 4 is 17.7 Å². The summed E-state index contributed by atoms with van der Waals surface area (Å²) in [5.74, 6) is 3.47. The maximum absolute atomic E-state index is 12.2. The molecule has 1 aromatic heterocycles. The molecule has 5 nitrogen and oxygen atoms in total. The van der Waals surface area contributed by atoms with Gasteiger partial charge in [-0.05, 0) is 31.1 Å². The van der Waals surface area contributed by atoms with Crippen molar-refractivity contribution in [2.45, 2.75) is 63.1 Å². The van der Waals surface area contributed by atoms with Gasteiger partial charge in [0, 0.05) is 19.0 Å². The summed E-state index contributed by atoms with van der Waals surface area (Å²) in [6.45, 7) is 4.54. The highest BCUT2D eigenvalue weighted by molar-refractivity contribution is 7.99. The van der Waals surface area contributed by atoms with Crippen LogP contribution in [0.2, 0.25) is 0 Å². The lowest BCUT2D eigenvalue weighted by Crippen LogP contribution is -2.44. The number of nitrogens with one attached hydrogen (secondary N) is 1. The summed E-state index contributed by atoms with van der Waals surface area (Å²) in [6.07, 6.45) is 6.05. The van der Waals surface area contributed by atoms with Gasteiger partial charge in [0.15, 0.2) is 5.16 Å². The van der Waals surface area contributed by atoms with Gasteiger partial charge < -0.3 is 9.88 Å². The van der Waals surface area contributed by atoms with E-state index in [4.69, 9.17) is 0 Å². The number of amides is 1. The van der Waals surface area contributed by atoms with E-state index in [1.807, 2.05) is 11.6 Å². The molecule has 0 aliphatic heterocycles. The van der Waals surface area contributed by atoms with Crippen LogP contribution in [0.4, 0.5) is 0 Å². The van der Waals surface area contributed by atoms with Gasteiger partial charge in [-0.2, -0.15) is 0 Å². The molecule has 2 aliphatic carbocycles. The molecule has 1 N–H and O–H groups in total. The van der Waals surface area contributed by atoms with Crippen molar-refractivity contribution in [3.63, 3.8) is 0 Å². The molecule has 6 heteroatoms. The summed E-state index contributed by atoms with van der Waals surface area (Å²) in [4.78, 5) is 12.2. The zero-order valence-electron chi connectivity index (χ0n) is 13.7. The van der Waals surface area contributed by atoms with Gasteiger partial charge in [0.1, 0.15) is 5.82 Å². The van der Waals surface area contributed by atoms with Crippen molar-refractivity contribution in [1.82, 2.24) is 20.1 Å². The Balaban J connectivity index is 1.50. The van der Waals surface area contributed by atoms with E-state index >= 15 is 0 Å². The fourth-order valence-corrected chi connectivity index (χ4v) is 4.04. The van der Waals surface area contributed by atoms with E-state index in [0.29, 0.717) is 29.5 Å². The molecule has 0 radical (unpaired) electrons. The Morgan fingerprint density at radius 1 is 1.27 bits per heavy atom. The van der Waals surface area contributed by atoms with Crippen molar-refractivity contribution in [1.29, 1.82) is 0 Å². The quantitative estimate of drug-likeness (QED) is 0.847. The second kappa shape index (κ2) is 6.60. The van der Waals surface area contributed by atoms with Gasteiger partial charge in [-0.25, -0.2) is 0 Å². The normalized spacial score (nSPS) is 28.6. The van der Waals surface area contributed by atoms with Gasteiger partial charge in [-0.3, -0.25) is 4.79 Å². The molecule has 2 saturated carbocycles. The number of hydrogen-bond acceptors (Lipinski definition) is 4. The first-order valence-corrected chi connectivity index (χ1v) is 9.36. The van der Waals surface area contributed by atoms with Crippen LogP contribution in [0.25, 0.3) is 0 Å². The minimum atomic E-state index is 0.118. The van der Waals surface area contributed by atoms with Crippen molar-refractivity contribution in [3.05, 3.63) is 5.82 Å². The third kappa shape index (κ3) is 3.47. The van der Waals surface area contributed by atoms with Crippen LogP contribution in [-0.4, -0.2) is 32.5 Å². The summed E-state index contributed by atoms with van der Waals surface area (Å²) in [6, 6.07) is 0.332. The Kier molecular flexibility index (Phi) is 4.76. The zero-order chi connectivity index (χ0) is 15.7. The van der Waals surface area contributed by atoms with Gasteiger partial charge in [-0.1, -0.05) is 38.5 Å². The van der Waals surface area contributed by atoms with Gasteiger partial charge in [-0.15, -0.1) is 10.2 Å². The second-order valence-corrected chi connectivity index (χ2v) is 7.85. The molecule has 3 atom stereocenters. The molecular formula is C16H26N4OS. The van der Waals surface area contributed by atoms with Crippen LogP contribution in [-0.2, 0) is 11.8 Å². The highest BCUT2D eigenvalue weighted by Gasteiger charge is 2.30. The summed E-state index contributed by atoms with van der Waals surface area (Å²) < 4.78 is 2.04. The molecule has 0 aromatic carbocycles. The SMILES string of the molecule is C[C@@H]1[C@@H](C)CCC[C@H]1NC(=O)CSc1nnc(C2CC2)n1C. The first-order valence-electron chi connectivity index (χ1n) is 8.37. The van der Waals surface area contributed by atoms with Crippen LogP contribution in [0.1, 0.15) is 57.7 Å². The molecular weight excluding hydrogens is 296 g/mol. The van der Waals surface area contributed by atoms with Crippen LogP contribution in [0.3, 0.4) is 0 Å². The van der Waals surface area contributed by atoms with E-state index in [1.165, 1.54) is 37.4 Å². The summed E-state index contributed by atoms with van der Waals surface area (Å²) in [5.41, 5.74) is 0. The maximum atomic E-state index is 12.2. The van der Waals surface area contributed by atoms with E-state index in [0.717, 1.165) is 17.4 Å². The molecule has 0 spiro atoms. The molecule has 1 amide bonds. The number of carbonyl (C=O) groups excluding carboxylic acids is 1. The molecule has 3 rings (SSSR count). The summed E-state index contributed by atoms with van der Waals surface area (Å²) >= 11 is 1.49.